The molecule has 158 valence electrons. The highest BCUT2D eigenvalue weighted by atomic mass is 32.2. The molecule has 0 amide bonds. The van der Waals surface area contributed by atoms with Crippen molar-refractivity contribution in [3.63, 3.8) is 0 Å². The standard InChI is InChI=1S/C23H26N2O4S/c1-17(2)14-20-21(28-15-18-10-6-4-7-11-18)24-23(30(3,26)27)25-22(20)29-16-19-12-8-5-9-13-19/h4-13,17H,14-16H2,1-3H3. The minimum atomic E-state index is -3.64. The topological polar surface area (TPSA) is 78.4 Å². The van der Waals surface area contributed by atoms with E-state index < -0.39 is 9.84 Å². The van der Waals surface area contributed by atoms with E-state index in [1.54, 1.807) is 0 Å². The Hall–Kier alpha value is -2.93. The summed E-state index contributed by atoms with van der Waals surface area (Å²) in [6, 6.07) is 19.3. The van der Waals surface area contributed by atoms with E-state index in [-0.39, 0.29) is 36.0 Å². The van der Waals surface area contributed by atoms with Gasteiger partial charge in [0.2, 0.25) is 21.6 Å². The van der Waals surface area contributed by atoms with Gasteiger partial charge in [-0.25, -0.2) is 8.42 Å². The van der Waals surface area contributed by atoms with Crippen molar-refractivity contribution in [2.75, 3.05) is 6.26 Å². The molecule has 1 heterocycles. The molecule has 0 unspecified atom stereocenters. The van der Waals surface area contributed by atoms with E-state index in [1.807, 2.05) is 60.7 Å². The molecule has 0 aliphatic carbocycles. The van der Waals surface area contributed by atoms with Crippen LogP contribution in [-0.2, 0) is 29.5 Å². The molecular formula is C23H26N2O4S. The van der Waals surface area contributed by atoms with Crippen molar-refractivity contribution in [3.05, 3.63) is 77.4 Å². The van der Waals surface area contributed by atoms with Crippen LogP contribution in [0.1, 0.15) is 30.5 Å². The van der Waals surface area contributed by atoms with Gasteiger partial charge in [0.05, 0.1) is 5.56 Å². The summed E-state index contributed by atoms with van der Waals surface area (Å²) >= 11 is 0. The Labute approximate surface area is 177 Å². The fourth-order valence-corrected chi connectivity index (χ4v) is 3.36. The smallest absolute Gasteiger partial charge is 0.253 e. The Morgan fingerprint density at radius 1 is 0.800 bits per heavy atom. The van der Waals surface area contributed by atoms with E-state index in [1.165, 1.54) is 0 Å². The molecule has 6 nitrogen and oxygen atoms in total. The largest absolute Gasteiger partial charge is 0.472 e. The van der Waals surface area contributed by atoms with Gasteiger partial charge in [-0.2, -0.15) is 9.97 Å². The summed E-state index contributed by atoms with van der Waals surface area (Å²) in [7, 11) is -3.64. The van der Waals surface area contributed by atoms with Gasteiger partial charge in [-0.1, -0.05) is 74.5 Å². The number of hydrogen-bond acceptors (Lipinski definition) is 6. The first-order valence-electron chi connectivity index (χ1n) is 9.77. The van der Waals surface area contributed by atoms with Crippen molar-refractivity contribution >= 4 is 9.84 Å². The number of sulfone groups is 1. The third-order valence-electron chi connectivity index (χ3n) is 4.29. The molecule has 0 spiro atoms. The molecule has 0 aliphatic rings. The van der Waals surface area contributed by atoms with Crippen LogP contribution in [0.2, 0.25) is 0 Å². The summed E-state index contributed by atoms with van der Waals surface area (Å²) < 4.78 is 36.3. The van der Waals surface area contributed by atoms with Crippen molar-refractivity contribution in [2.45, 2.75) is 38.6 Å². The van der Waals surface area contributed by atoms with Crippen LogP contribution in [0.3, 0.4) is 0 Å². The second-order valence-electron chi connectivity index (χ2n) is 7.51. The lowest BCUT2D eigenvalue weighted by Crippen LogP contribution is -2.13. The van der Waals surface area contributed by atoms with E-state index >= 15 is 0 Å². The first-order valence-corrected chi connectivity index (χ1v) is 11.7. The zero-order chi connectivity index (χ0) is 21.6. The molecule has 0 bridgehead atoms. The van der Waals surface area contributed by atoms with Crippen molar-refractivity contribution in [1.29, 1.82) is 0 Å². The monoisotopic (exact) mass is 426 g/mol. The van der Waals surface area contributed by atoms with Crippen LogP contribution in [0.15, 0.2) is 65.8 Å². The summed E-state index contributed by atoms with van der Waals surface area (Å²) in [6.45, 7) is 4.66. The molecule has 2 aromatic carbocycles. The van der Waals surface area contributed by atoms with Crippen LogP contribution in [-0.4, -0.2) is 24.6 Å². The molecule has 0 N–H and O–H groups in total. The van der Waals surface area contributed by atoms with E-state index in [2.05, 4.69) is 23.8 Å². The molecule has 0 saturated heterocycles. The summed E-state index contributed by atoms with van der Waals surface area (Å²) in [5.41, 5.74) is 2.59. The quantitative estimate of drug-likeness (QED) is 0.476. The maximum atomic E-state index is 12.2. The molecular weight excluding hydrogens is 400 g/mol. The molecule has 3 rings (SSSR count). The Bertz CT molecular complexity index is 1000. The predicted octanol–water partition coefficient (Wildman–Crippen LogP) is 4.24. The lowest BCUT2D eigenvalue weighted by atomic mass is 10.0. The van der Waals surface area contributed by atoms with Crippen molar-refractivity contribution in [2.24, 2.45) is 5.92 Å². The second-order valence-corrected chi connectivity index (χ2v) is 9.42. The number of benzene rings is 2. The lowest BCUT2D eigenvalue weighted by Gasteiger charge is -2.17. The molecule has 0 radical (unpaired) electrons. The molecule has 30 heavy (non-hydrogen) atoms. The van der Waals surface area contributed by atoms with Crippen molar-refractivity contribution in [3.8, 4) is 11.8 Å². The zero-order valence-corrected chi connectivity index (χ0v) is 18.2. The van der Waals surface area contributed by atoms with Gasteiger partial charge in [-0.15, -0.1) is 0 Å². The van der Waals surface area contributed by atoms with Gasteiger partial charge < -0.3 is 9.47 Å². The zero-order valence-electron chi connectivity index (χ0n) is 17.4. The molecule has 0 atom stereocenters. The first-order chi connectivity index (χ1) is 14.3. The number of hydrogen-bond donors (Lipinski definition) is 0. The first kappa shape index (κ1) is 21.8. The number of rotatable bonds is 9. The third kappa shape index (κ3) is 6.03. The van der Waals surface area contributed by atoms with Gasteiger partial charge in [-0.3, -0.25) is 0 Å². The SMILES string of the molecule is CC(C)Cc1c(OCc2ccccc2)nc(S(C)(=O)=O)nc1OCc1ccccc1. The van der Waals surface area contributed by atoms with Crippen LogP contribution in [0.25, 0.3) is 0 Å². The van der Waals surface area contributed by atoms with Crippen LogP contribution in [0.5, 0.6) is 11.8 Å². The van der Waals surface area contributed by atoms with Crippen LogP contribution in [0, 0.1) is 5.92 Å². The second kappa shape index (κ2) is 9.71. The average Bonchev–Trinajstić information content (AvgIpc) is 2.72. The van der Waals surface area contributed by atoms with Crippen molar-refractivity contribution < 1.29 is 17.9 Å². The van der Waals surface area contributed by atoms with Crippen LogP contribution in [0.4, 0.5) is 0 Å². The normalized spacial score (nSPS) is 11.5. The Kier molecular flexibility index (Phi) is 7.05. The maximum Gasteiger partial charge on any atom is 0.253 e. The summed E-state index contributed by atoms with van der Waals surface area (Å²) in [5.74, 6) is 0.757. The average molecular weight is 427 g/mol. The molecule has 0 fully saturated rings. The van der Waals surface area contributed by atoms with Crippen molar-refractivity contribution in [1.82, 2.24) is 9.97 Å². The van der Waals surface area contributed by atoms with E-state index in [4.69, 9.17) is 9.47 Å². The number of ether oxygens (including phenoxy) is 2. The Morgan fingerprint density at radius 3 is 1.60 bits per heavy atom. The Balaban J connectivity index is 1.98. The predicted molar refractivity (Wildman–Crippen MR) is 115 cm³/mol. The highest BCUT2D eigenvalue weighted by Gasteiger charge is 2.23. The van der Waals surface area contributed by atoms with Gasteiger partial charge in [0, 0.05) is 6.26 Å². The molecule has 3 aromatic rings. The third-order valence-corrected chi connectivity index (χ3v) is 5.14. The van der Waals surface area contributed by atoms with Gasteiger partial charge in [0.25, 0.3) is 5.16 Å². The van der Waals surface area contributed by atoms with E-state index in [9.17, 15) is 8.42 Å². The maximum absolute atomic E-state index is 12.2. The van der Waals surface area contributed by atoms with Crippen LogP contribution < -0.4 is 9.47 Å². The number of aromatic nitrogens is 2. The lowest BCUT2D eigenvalue weighted by molar-refractivity contribution is 0.260. The number of nitrogens with zero attached hydrogens (tertiary/aromatic N) is 2. The Morgan fingerprint density at radius 2 is 1.23 bits per heavy atom. The molecule has 7 heteroatoms. The van der Waals surface area contributed by atoms with Crippen LogP contribution >= 0.6 is 0 Å². The highest BCUT2D eigenvalue weighted by Crippen LogP contribution is 2.30. The molecule has 0 aliphatic heterocycles. The van der Waals surface area contributed by atoms with E-state index in [0.717, 1.165) is 17.4 Å². The molecule has 0 saturated carbocycles. The molecule has 1 aromatic heterocycles. The van der Waals surface area contributed by atoms with E-state index in [0.29, 0.717) is 12.0 Å². The summed E-state index contributed by atoms with van der Waals surface area (Å²) in [4.78, 5) is 8.45. The summed E-state index contributed by atoms with van der Waals surface area (Å²) in [6.07, 6.45) is 1.67. The van der Waals surface area contributed by atoms with Gasteiger partial charge in [-0.05, 0) is 23.5 Å². The summed E-state index contributed by atoms with van der Waals surface area (Å²) in [5, 5.41) is -0.305. The fraction of sp³-hybridized carbons (Fsp3) is 0.304. The van der Waals surface area contributed by atoms with Gasteiger partial charge in [0.15, 0.2) is 0 Å². The van der Waals surface area contributed by atoms with Gasteiger partial charge in [0.1, 0.15) is 13.2 Å². The fourth-order valence-electron chi connectivity index (χ4n) is 2.86. The highest BCUT2D eigenvalue weighted by molar-refractivity contribution is 7.90. The minimum absolute atomic E-state index is 0.242. The minimum Gasteiger partial charge on any atom is -0.472 e. The van der Waals surface area contributed by atoms with Gasteiger partial charge >= 0.3 is 0 Å².